The van der Waals surface area contributed by atoms with Gasteiger partial charge in [0.2, 0.25) is 0 Å². The van der Waals surface area contributed by atoms with Crippen molar-refractivity contribution in [2.24, 2.45) is 0 Å². The van der Waals surface area contributed by atoms with Gasteiger partial charge in [-0.1, -0.05) is 36.4 Å². The molecule has 6 heteroatoms. The van der Waals surface area contributed by atoms with Crippen molar-refractivity contribution >= 4 is 29.0 Å². The number of halogens is 3. The zero-order valence-electron chi connectivity index (χ0n) is 14.3. The van der Waals surface area contributed by atoms with E-state index in [1.807, 2.05) is 30.3 Å². The maximum atomic E-state index is 14.6. The van der Waals surface area contributed by atoms with E-state index in [4.69, 9.17) is 0 Å². The van der Waals surface area contributed by atoms with Crippen LogP contribution in [0.4, 0.5) is 30.2 Å². The van der Waals surface area contributed by atoms with Crippen LogP contribution in [0.3, 0.4) is 0 Å². The van der Waals surface area contributed by atoms with E-state index in [1.165, 1.54) is 30.1 Å². The molecule has 0 bridgehead atoms. The van der Waals surface area contributed by atoms with Crippen LogP contribution < -0.4 is 10.0 Å². The van der Waals surface area contributed by atoms with Crippen LogP contribution in [-0.2, 0) is 0 Å². The molecule has 0 radical (unpaired) electrons. The third-order valence-electron chi connectivity index (χ3n) is 4.29. The summed E-state index contributed by atoms with van der Waals surface area (Å²) in [6.07, 6.45) is 2.19. The zero-order chi connectivity index (χ0) is 18.8. The smallest absolute Gasteiger partial charge is 0.184 e. The fourth-order valence-corrected chi connectivity index (χ4v) is 3.49. The summed E-state index contributed by atoms with van der Waals surface area (Å²) in [6, 6.07) is 16.5. The van der Waals surface area contributed by atoms with Crippen molar-refractivity contribution in [1.29, 1.82) is 0 Å². The third kappa shape index (κ3) is 4.06. The Morgan fingerprint density at radius 1 is 0.778 bits per heavy atom. The molecular weight excluding hydrogens is 369 g/mol. The average Bonchev–Trinajstić information content (AvgIpc) is 3.51. The van der Waals surface area contributed by atoms with Crippen molar-refractivity contribution in [3.05, 3.63) is 78.1 Å². The van der Waals surface area contributed by atoms with Crippen molar-refractivity contribution in [1.82, 2.24) is 0 Å². The summed E-state index contributed by atoms with van der Waals surface area (Å²) < 4.78 is 45.7. The molecule has 0 heterocycles. The predicted octanol–water partition coefficient (Wildman–Crippen LogP) is 6.74. The van der Waals surface area contributed by atoms with E-state index in [2.05, 4.69) is 10.0 Å². The second-order valence-electron chi connectivity index (χ2n) is 6.39. The Balaban J connectivity index is 1.62. The minimum absolute atomic E-state index is 0.0821. The Hall–Kier alpha value is -2.60. The van der Waals surface area contributed by atoms with Crippen LogP contribution >= 0.6 is 11.9 Å². The topological polar surface area (TPSA) is 24.1 Å². The fraction of sp³-hybridized carbons (Fsp3) is 0.143. The Bertz CT molecular complexity index is 959. The third-order valence-corrected chi connectivity index (χ3v) is 5.43. The molecule has 2 nitrogen and oxygen atoms in total. The van der Waals surface area contributed by atoms with Gasteiger partial charge in [0.25, 0.3) is 0 Å². The maximum Gasteiger partial charge on any atom is 0.184 e. The number of hydrogen-bond donors (Lipinski definition) is 2. The molecule has 4 rings (SSSR count). The molecule has 27 heavy (non-hydrogen) atoms. The van der Waals surface area contributed by atoms with E-state index in [1.54, 1.807) is 6.07 Å². The Labute approximate surface area is 159 Å². The summed E-state index contributed by atoms with van der Waals surface area (Å²) in [6.45, 7) is 0. The molecule has 0 amide bonds. The first-order valence-electron chi connectivity index (χ1n) is 8.63. The van der Waals surface area contributed by atoms with Gasteiger partial charge in [0.1, 0.15) is 11.5 Å². The Morgan fingerprint density at radius 2 is 1.52 bits per heavy atom. The lowest BCUT2D eigenvalue weighted by Gasteiger charge is -2.15. The van der Waals surface area contributed by atoms with Crippen LogP contribution in [0.1, 0.15) is 12.8 Å². The van der Waals surface area contributed by atoms with E-state index < -0.39 is 17.5 Å². The van der Waals surface area contributed by atoms with Crippen molar-refractivity contribution in [2.45, 2.75) is 18.1 Å². The summed E-state index contributed by atoms with van der Waals surface area (Å²) in [5, 5.41) is 3.19. The van der Waals surface area contributed by atoms with Gasteiger partial charge in [0, 0.05) is 5.25 Å². The van der Waals surface area contributed by atoms with Gasteiger partial charge in [0.05, 0.1) is 11.4 Å². The van der Waals surface area contributed by atoms with Crippen LogP contribution in [-0.4, -0.2) is 5.25 Å². The van der Waals surface area contributed by atoms with Crippen molar-refractivity contribution in [3.63, 3.8) is 0 Å². The lowest BCUT2D eigenvalue weighted by atomic mass is 10.1. The molecule has 138 valence electrons. The highest BCUT2D eigenvalue weighted by molar-refractivity contribution is 8.01. The predicted molar refractivity (Wildman–Crippen MR) is 106 cm³/mol. The largest absolute Gasteiger partial charge is 0.349 e. The lowest BCUT2D eigenvalue weighted by molar-refractivity contribution is 0.512. The van der Waals surface area contributed by atoms with Crippen LogP contribution in [0.2, 0.25) is 0 Å². The van der Waals surface area contributed by atoms with Gasteiger partial charge in [-0.3, -0.25) is 0 Å². The van der Waals surface area contributed by atoms with Crippen LogP contribution in [0.5, 0.6) is 0 Å². The summed E-state index contributed by atoms with van der Waals surface area (Å²) in [5.74, 6) is -2.57. The van der Waals surface area contributed by atoms with Gasteiger partial charge >= 0.3 is 0 Å². The molecular formula is C21H17F3N2S. The van der Waals surface area contributed by atoms with Gasteiger partial charge < -0.3 is 10.0 Å². The summed E-state index contributed by atoms with van der Waals surface area (Å²) in [7, 11) is 0. The summed E-state index contributed by atoms with van der Waals surface area (Å²) >= 11 is 1.47. The van der Waals surface area contributed by atoms with Crippen molar-refractivity contribution < 1.29 is 13.2 Å². The molecule has 1 fully saturated rings. The Kier molecular flexibility index (Phi) is 4.99. The van der Waals surface area contributed by atoms with Crippen molar-refractivity contribution in [2.75, 3.05) is 10.0 Å². The number of hydrogen-bond acceptors (Lipinski definition) is 3. The minimum atomic E-state index is -1.04. The normalized spacial score (nSPS) is 13.4. The molecule has 1 aliphatic carbocycles. The molecule has 3 aromatic carbocycles. The van der Waals surface area contributed by atoms with Gasteiger partial charge in [-0.05, 0) is 60.2 Å². The van der Waals surface area contributed by atoms with Crippen LogP contribution in [0, 0.1) is 17.5 Å². The van der Waals surface area contributed by atoms with Gasteiger partial charge in [-0.15, -0.1) is 0 Å². The highest BCUT2D eigenvalue weighted by Crippen LogP contribution is 2.38. The van der Waals surface area contributed by atoms with Crippen LogP contribution in [0.25, 0.3) is 11.1 Å². The van der Waals surface area contributed by atoms with Gasteiger partial charge in [-0.25, -0.2) is 13.2 Å². The molecule has 0 aromatic heterocycles. The molecule has 2 N–H and O–H groups in total. The van der Waals surface area contributed by atoms with Gasteiger partial charge in [-0.2, -0.15) is 0 Å². The number of rotatable bonds is 6. The Morgan fingerprint density at radius 3 is 2.22 bits per heavy atom. The monoisotopic (exact) mass is 386 g/mol. The van der Waals surface area contributed by atoms with E-state index in [9.17, 15) is 13.2 Å². The standard InChI is InChI=1S/C21H17F3N2S/c22-16-9-11-19(26-27-15-7-8-15)21(20(16)24)25-18-10-6-14(12-17(18)23)13-4-2-1-3-5-13/h1-6,9-12,15,25-26H,7-8H2. The lowest BCUT2D eigenvalue weighted by Crippen LogP contribution is -2.03. The first-order valence-corrected chi connectivity index (χ1v) is 9.51. The van der Waals surface area contributed by atoms with Gasteiger partial charge in [0.15, 0.2) is 11.6 Å². The van der Waals surface area contributed by atoms with E-state index in [0.717, 1.165) is 24.5 Å². The summed E-state index contributed by atoms with van der Waals surface area (Å²) in [4.78, 5) is 0. The quantitative estimate of drug-likeness (QED) is 0.459. The van der Waals surface area contributed by atoms with E-state index >= 15 is 0 Å². The molecule has 0 unspecified atom stereocenters. The molecule has 1 saturated carbocycles. The zero-order valence-corrected chi connectivity index (χ0v) is 15.1. The second-order valence-corrected chi connectivity index (χ2v) is 7.50. The minimum Gasteiger partial charge on any atom is -0.349 e. The molecule has 0 atom stereocenters. The number of benzene rings is 3. The molecule has 0 saturated heterocycles. The average molecular weight is 386 g/mol. The molecule has 0 spiro atoms. The molecule has 1 aliphatic rings. The number of nitrogens with one attached hydrogen (secondary N) is 2. The van der Waals surface area contributed by atoms with Crippen LogP contribution in [0.15, 0.2) is 60.7 Å². The highest BCUT2D eigenvalue weighted by atomic mass is 32.2. The van der Waals surface area contributed by atoms with Crippen molar-refractivity contribution in [3.8, 4) is 11.1 Å². The first kappa shape index (κ1) is 17.8. The number of anilines is 3. The molecule has 0 aliphatic heterocycles. The fourth-order valence-electron chi connectivity index (χ4n) is 2.65. The maximum absolute atomic E-state index is 14.6. The molecule has 3 aromatic rings. The highest BCUT2D eigenvalue weighted by Gasteiger charge is 2.23. The summed E-state index contributed by atoms with van der Waals surface area (Å²) in [5.41, 5.74) is 1.95. The van der Waals surface area contributed by atoms with E-state index in [0.29, 0.717) is 16.5 Å². The van der Waals surface area contributed by atoms with E-state index in [-0.39, 0.29) is 11.4 Å². The SMILES string of the molecule is Fc1cc(-c2ccccc2)ccc1Nc1c(NSC2CC2)ccc(F)c1F. The first-order chi connectivity index (χ1) is 13.1. The second kappa shape index (κ2) is 7.56.